The molecule has 2 bridgehead atoms. The molecule has 0 radical (unpaired) electrons. The molecule has 5 aromatic carbocycles. The molecule has 14 nitrogen and oxygen atoms in total. The number of hydrogen-bond donors (Lipinski definition) is 5. The van der Waals surface area contributed by atoms with Gasteiger partial charge in [0.1, 0.15) is 29.3 Å². The maximum Gasteiger partial charge on any atom is 0.407 e. The van der Waals surface area contributed by atoms with Gasteiger partial charge >= 0.3 is 6.09 Å². The second-order valence-corrected chi connectivity index (χ2v) is 20.8. The van der Waals surface area contributed by atoms with E-state index in [1.54, 1.807) is 0 Å². The van der Waals surface area contributed by atoms with Crippen molar-refractivity contribution in [2.45, 2.75) is 121 Å². The third kappa shape index (κ3) is 7.96. The molecule has 4 amide bonds. The Kier molecular flexibility index (Phi) is 11.2. The lowest BCUT2D eigenvalue weighted by Gasteiger charge is -2.37. The Hall–Kier alpha value is -6.80. The number of aliphatic hydroxyl groups is 1. The summed E-state index contributed by atoms with van der Waals surface area (Å²) < 4.78 is 4.87. The number of aromatic amines is 2. The van der Waals surface area contributed by atoms with Crippen LogP contribution in [0.25, 0.3) is 54.7 Å². The minimum absolute atomic E-state index is 0.0965. The number of carbonyl (C=O) groups is 4. The van der Waals surface area contributed by atoms with E-state index < -0.39 is 29.7 Å². The lowest BCUT2D eigenvalue weighted by Crippen LogP contribution is -2.54. The van der Waals surface area contributed by atoms with Gasteiger partial charge in [0.2, 0.25) is 11.8 Å². The number of ether oxygens (including phenoxy) is 1. The SMILES string of the molecule is COC(=O)N[C@H](C(=O)N1[C@@H]2CC[C@@H](C2)[C@H]1c1nc2ccc3cc(-c4ccc5c(ccc6nc([C@@H]7CCCN7C(=O)[C@H](NC(=O)C(C)(C)O)c7cccc(C8CCC8)c7)[nH]c65)c4)ccc3c2[nH]1)C(C)C. The zero-order valence-electron chi connectivity index (χ0n) is 39.8. The molecule has 69 heavy (non-hydrogen) atoms. The van der Waals surface area contributed by atoms with Crippen LogP contribution in [0.1, 0.15) is 126 Å². The van der Waals surface area contributed by atoms with Gasteiger partial charge in [-0.3, -0.25) is 14.4 Å². The van der Waals surface area contributed by atoms with Crippen LogP contribution in [-0.2, 0) is 19.1 Å². The molecule has 14 heteroatoms. The number of fused-ring (bicyclic) bond motifs is 8. The maximum atomic E-state index is 14.6. The number of rotatable bonds is 11. The number of nitrogens with zero attached hydrogens (tertiary/aromatic N) is 4. The Bertz CT molecular complexity index is 3180. The molecule has 0 unspecified atom stereocenters. The Morgan fingerprint density at radius 3 is 2.06 bits per heavy atom. The molecule has 7 aromatic rings. The molecule has 4 aliphatic rings. The standard InChI is InChI=1S/C55H60N8O6/c1-29(2)44(61-54(67)69-5)52(65)63-38-19-14-37(28-38)48(63)50-57-42-23-18-35-26-33(16-21-40(35)47(42)59-50)32-15-20-39-34(25-32)17-22-41-46(39)58-49(56-41)43-13-8-24-62(43)51(64)45(60-53(66)55(3,4)68)36-12-7-11-31(27-36)30-9-6-10-30/h7,11-12,15-18,20-23,25-27,29-30,37-38,43-45,48,68H,6,8-10,13-14,19,24,28H2,1-5H3,(H,56,58)(H,57,59)(H,60,66)(H,61,67)/t37-,38+,43-,44-,45+,48-/m0/s1. The quantitative estimate of drug-likeness (QED) is 0.0849. The number of nitrogens with one attached hydrogen (secondary N) is 4. The summed E-state index contributed by atoms with van der Waals surface area (Å²) in [5.41, 5.74) is 5.87. The van der Waals surface area contributed by atoms with E-state index in [9.17, 15) is 24.3 Å². The first-order valence-electron chi connectivity index (χ1n) is 24.7. The summed E-state index contributed by atoms with van der Waals surface area (Å²) in [7, 11) is 1.31. The van der Waals surface area contributed by atoms with Crippen LogP contribution in [0, 0.1) is 11.8 Å². The Morgan fingerprint density at radius 1 is 0.768 bits per heavy atom. The first kappa shape index (κ1) is 44.7. The minimum atomic E-state index is -1.66. The number of piperidine rings is 1. The van der Waals surface area contributed by atoms with Crippen LogP contribution in [0.4, 0.5) is 4.79 Å². The smallest absolute Gasteiger partial charge is 0.407 e. The molecule has 2 aromatic heterocycles. The summed E-state index contributed by atoms with van der Waals surface area (Å²) in [5, 5.41) is 20.5. The van der Waals surface area contributed by atoms with Crippen molar-refractivity contribution in [3.05, 3.63) is 108 Å². The molecule has 0 spiro atoms. The number of imidazole rings is 2. The van der Waals surface area contributed by atoms with E-state index in [0.717, 1.165) is 111 Å². The van der Waals surface area contributed by atoms with Crippen molar-refractivity contribution in [2.75, 3.05) is 13.7 Å². The number of aromatic nitrogens is 4. The number of amides is 4. The number of methoxy groups -OCH3 is 1. The molecular formula is C55H60N8O6. The van der Waals surface area contributed by atoms with Gasteiger partial charge in [-0.1, -0.05) is 80.9 Å². The Morgan fingerprint density at radius 2 is 1.43 bits per heavy atom. The van der Waals surface area contributed by atoms with E-state index in [4.69, 9.17) is 14.7 Å². The second-order valence-electron chi connectivity index (χ2n) is 20.8. The van der Waals surface area contributed by atoms with E-state index in [1.165, 1.54) is 32.9 Å². The molecule has 5 N–H and O–H groups in total. The van der Waals surface area contributed by atoms with Crippen LogP contribution in [0.2, 0.25) is 0 Å². The van der Waals surface area contributed by atoms with Gasteiger partial charge in [0, 0.05) is 23.4 Å². The minimum Gasteiger partial charge on any atom is -0.453 e. The van der Waals surface area contributed by atoms with Gasteiger partial charge in [0.15, 0.2) is 0 Å². The predicted octanol–water partition coefficient (Wildman–Crippen LogP) is 9.40. The zero-order valence-corrected chi connectivity index (χ0v) is 39.8. The summed E-state index contributed by atoms with van der Waals surface area (Å²) in [6, 6.07) is 27.1. The summed E-state index contributed by atoms with van der Waals surface area (Å²) in [4.78, 5) is 75.6. The van der Waals surface area contributed by atoms with Crippen molar-refractivity contribution < 1.29 is 29.0 Å². The van der Waals surface area contributed by atoms with E-state index in [2.05, 4.69) is 75.2 Å². The number of likely N-dealkylation sites (tertiary alicyclic amines) is 2. The molecule has 4 heterocycles. The van der Waals surface area contributed by atoms with Crippen molar-refractivity contribution in [1.29, 1.82) is 0 Å². The number of benzene rings is 5. The van der Waals surface area contributed by atoms with Crippen LogP contribution in [0.3, 0.4) is 0 Å². The molecule has 11 rings (SSSR count). The van der Waals surface area contributed by atoms with Gasteiger partial charge in [-0.05, 0) is 134 Å². The van der Waals surface area contributed by atoms with Crippen molar-refractivity contribution in [3.8, 4) is 11.1 Å². The molecule has 6 atom stereocenters. The van der Waals surface area contributed by atoms with Crippen molar-refractivity contribution in [3.63, 3.8) is 0 Å². The van der Waals surface area contributed by atoms with Gasteiger partial charge < -0.3 is 40.2 Å². The first-order chi connectivity index (χ1) is 33.2. The number of carbonyl (C=O) groups excluding carboxylic acids is 4. The number of alkyl carbamates (subject to hydrolysis) is 1. The van der Waals surface area contributed by atoms with E-state index in [1.807, 2.05) is 54.0 Å². The van der Waals surface area contributed by atoms with Gasteiger partial charge in [-0.15, -0.1) is 0 Å². The zero-order chi connectivity index (χ0) is 47.9. The van der Waals surface area contributed by atoms with Gasteiger partial charge in [0.05, 0.1) is 41.3 Å². The summed E-state index contributed by atoms with van der Waals surface area (Å²) in [6.45, 7) is 7.26. The molecule has 356 valence electrons. The highest BCUT2D eigenvalue weighted by Gasteiger charge is 2.51. The normalized spacial score (nSPS) is 21.4. The van der Waals surface area contributed by atoms with Crippen molar-refractivity contribution >= 4 is 67.4 Å². The first-order valence-corrected chi connectivity index (χ1v) is 24.7. The van der Waals surface area contributed by atoms with Crippen LogP contribution in [-0.4, -0.2) is 90.0 Å². The van der Waals surface area contributed by atoms with E-state index >= 15 is 0 Å². The fraction of sp³-hybridized carbons (Fsp3) is 0.418. The Balaban J connectivity index is 0.859. The van der Waals surface area contributed by atoms with Crippen LogP contribution in [0.15, 0.2) is 84.9 Å². The predicted molar refractivity (Wildman–Crippen MR) is 265 cm³/mol. The summed E-state index contributed by atoms with van der Waals surface area (Å²) in [5.74, 6) is 1.20. The molecule has 2 aliphatic heterocycles. The monoisotopic (exact) mass is 928 g/mol. The maximum absolute atomic E-state index is 14.6. The number of hydrogen-bond acceptors (Lipinski definition) is 8. The highest BCUT2D eigenvalue weighted by Crippen LogP contribution is 2.50. The average Bonchev–Trinajstić information content (AvgIpc) is 4.19. The third-order valence-electron chi connectivity index (χ3n) is 15.6. The summed E-state index contributed by atoms with van der Waals surface area (Å²) >= 11 is 0. The molecule has 2 saturated heterocycles. The summed E-state index contributed by atoms with van der Waals surface area (Å²) in [6.07, 6.45) is 7.21. The largest absolute Gasteiger partial charge is 0.453 e. The Labute approximate surface area is 400 Å². The number of H-pyrrole nitrogens is 2. The average molecular weight is 929 g/mol. The van der Waals surface area contributed by atoms with Crippen molar-refractivity contribution in [2.24, 2.45) is 11.8 Å². The van der Waals surface area contributed by atoms with E-state index in [-0.39, 0.29) is 41.8 Å². The van der Waals surface area contributed by atoms with Crippen molar-refractivity contribution in [1.82, 2.24) is 40.4 Å². The molecule has 2 aliphatic carbocycles. The van der Waals surface area contributed by atoms with Crippen LogP contribution < -0.4 is 10.6 Å². The highest BCUT2D eigenvalue weighted by atomic mass is 16.5. The van der Waals surface area contributed by atoms with E-state index in [0.29, 0.717) is 18.3 Å². The lowest BCUT2D eigenvalue weighted by atomic mass is 9.79. The fourth-order valence-electron chi connectivity index (χ4n) is 11.6. The lowest BCUT2D eigenvalue weighted by molar-refractivity contribution is -0.143. The molecular weight excluding hydrogens is 869 g/mol. The van der Waals surface area contributed by atoms with Gasteiger partial charge in [-0.2, -0.15) is 0 Å². The van der Waals surface area contributed by atoms with Crippen LogP contribution in [0.5, 0.6) is 0 Å². The van der Waals surface area contributed by atoms with Gasteiger partial charge in [-0.25, -0.2) is 14.8 Å². The highest BCUT2D eigenvalue weighted by molar-refractivity contribution is 6.08. The van der Waals surface area contributed by atoms with Gasteiger partial charge in [0.25, 0.3) is 5.91 Å². The second kappa shape index (κ2) is 17.3. The third-order valence-corrected chi connectivity index (χ3v) is 15.6. The molecule has 2 saturated carbocycles. The van der Waals surface area contributed by atoms with Crippen LogP contribution >= 0.6 is 0 Å². The molecule has 4 fully saturated rings. The fourth-order valence-corrected chi connectivity index (χ4v) is 11.6. The topological polar surface area (TPSA) is 186 Å².